The summed E-state index contributed by atoms with van der Waals surface area (Å²) in [6.45, 7) is 0.731. The van der Waals surface area contributed by atoms with Crippen LogP contribution in [-0.4, -0.2) is 43.8 Å². The summed E-state index contributed by atoms with van der Waals surface area (Å²) in [4.78, 5) is 12.9. The molecule has 8 heteroatoms. The van der Waals surface area contributed by atoms with Gasteiger partial charge in [-0.1, -0.05) is 18.2 Å². The van der Waals surface area contributed by atoms with Crippen LogP contribution < -0.4 is 11.1 Å². The third-order valence-electron chi connectivity index (χ3n) is 5.25. The molecule has 1 heterocycles. The van der Waals surface area contributed by atoms with E-state index in [2.05, 4.69) is 5.32 Å². The van der Waals surface area contributed by atoms with Crippen molar-refractivity contribution in [3.63, 3.8) is 0 Å². The molecule has 3 N–H and O–H groups in total. The maximum Gasteiger partial charge on any atom is 0.243 e. The van der Waals surface area contributed by atoms with Gasteiger partial charge < -0.3 is 11.1 Å². The van der Waals surface area contributed by atoms with Crippen molar-refractivity contribution in [1.82, 2.24) is 9.62 Å². The van der Waals surface area contributed by atoms with Gasteiger partial charge in [0.25, 0.3) is 0 Å². The number of carbonyl (C=O) groups is 1. The molecule has 3 rings (SSSR count). The Morgan fingerprint density at radius 1 is 1.08 bits per heavy atom. The smallest absolute Gasteiger partial charge is 0.243 e. The van der Waals surface area contributed by atoms with Crippen molar-refractivity contribution >= 4 is 28.3 Å². The van der Waals surface area contributed by atoms with Gasteiger partial charge >= 0.3 is 0 Å². The van der Waals surface area contributed by atoms with Crippen molar-refractivity contribution in [2.75, 3.05) is 13.1 Å². The Labute approximate surface area is 162 Å². The van der Waals surface area contributed by atoms with Crippen LogP contribution in [0, 0.1) is 5.92 Å². The Bertz CT molecular complexity index is 691. The van der Waals surface area contributed by atoms with Gasteiger partial charge in [0.05, 0.1) is 10.8 Å². The Morgan fingerprint density at radius 2 is 1.73 bits per heavy atom. The molecule has 1 saturated carbocycles. The van der Waals surface area contributed by atoms with E-state index in [-0.39, 0.29) is 47.8 Å². The molecule has 2 fully saturated rings. The number of sulfonamides is 1. The first-order chi connectivity index (χ1) is 12.0. The number of nitrogens with one attached hydrogen (secondary N) is 1. The van der Waals surface area contributed by atoms with Crippen LogP contribution in [-0.2, 0) is 14.8 Å². The Morgan fingerprint density at radius 3 is 2.38 bits per heavy atom. The van der Waals surface area contributed by atoms with Crippen molar-refractivity contribution < 1.29 is 13.2 Å². The monoisotopic (exact) mass is 401 g/mol. The second-order valence-electron chi connectivity index (χ2n) is 7.14. The zero-order valence-electron chi connectivity index (χ0n) is 14.8. The van der Waals surface area contributed by atoms with E-state index in [0.717, 1.165) is 32.1 Å². The summed E-state index contributed by atoms with van der Waals surface area (Å²) in [5.41, 5.74) is 5.91. The molecule has 2 aliphatic rings. The molecule has 1 saturated heterocycles. The number of rotatable bonds is 4. The fraction of sp³-hybridized carbons (Fsp3) is 0.611. The topological polar surface area (TPSA) is 92.5 Å². The first-order valence-corrected chi connectivity index (χ1v) is 10.5. The lowest BCUT2D eigenvalue weighted by Crippen LogP contribution is -2.48. The zero-order valence-corrected chi connectivity index (χ0v) is 16.5. The Balaban J connectivity index is 0.00000243. The highest BCUT2D eigenvalue weighted by Gasteiger charge is 2.34. The molecule has 1 aromatic rings. The second-order valence-corrected chi connectivity index (χ2v) is 9.07. The van der Waals surface area contributed by atoms with Gasteiger partial charge in [-0.2, -0.15) is 4.31 Å². The van der Waals surface area contributed by atoms with Crippen LogP contribution in [0.3, 0.4) is 0 Å². The number of nitrogens with zero attached hydrogens (tertiary/aromatic N) is 1. The van der Waals surface area contributed by atoms with E-state index in [9.17, 15) is 13.2 Å². The van der Waals surface area contributed by atoms with E-state index in [1.54, 1.807) is 30.3 Å². The summed E-state index contributed by atoms with van der Waals surface area (Å²) in [5, 5.41) is 3.10. The maximum atomic E-state index is 12.8. The SMILES string of the molecule is Cl.NC1CCC(NC(=O)C2CCCN(S(=O)(=O)c3ccccc3)C2)CC1. The van der Waals surface area contributed by atoms with Gasteiger partial charge in [0, 0.05) is 25.2 Å². The third kappa shape index (κ3) is 4.97. The minimum atomic E-state index is -3.53. The van der Waals surface area contributed by atoms with Gasteiger partial charge in [-0.3, -0.25) is 4.79 Å². The molecule has 1 aliphatic heterocycles. The van der Waals surface area contributed by atoms with Crippen molar-refractivity contribution in [3.05, 3.63) is 30.3 Å². The second kappa shape index (κ2) is 9.17. The van der Waals surface area contributed by atoms with E-state index in [4.69, 9.17) is 5.73 Å². The van der Waals surface area contributed by atoms with Gasteiger partial charge in [-0.15, -0.1) is 12.4 Å². The van der Waals surface area contributed by atoms with Gasteiger partial charge in [-0.25, -0.2) is 8.42 Å². The Hall–Kier alpha value is -1.15. The highest BCUT2D eigenvalue weighted by Crippen LogP contribution is 2.25. The van der Waals surface area contributed by atoms with Gasteiger partial charge in [-0.05, 0) is 50.7 Å². The van der Waals surface area contributed by atoms with Crippen LogP contribution in [0.2, 0.25) is 0 Å². The number of hydrogen-bond donors (Lipinski definition) is 2. The van der Waals surface area contributed by atoms with Gasteiger partial charge in [0.1, 0.15) is 0 Å². The summed E-state index contributed by atoms with van der Waals surface area (Å²) in [6.07, 6.45) is 5.13. The molecule has 0 spiro atoms. The molecule has 146 valence electrons. The number of nitrogens with two attached hydrogens (primary N) is 1. The fourth-order valence-electron chi connectivity index (χ4n) is 3.70. The molecule has 26 heavy (non-hydrogen) atoms. The molecule has 0 radical (unpaired) electrons. The quantitative estimate of drug-likeness (QED) is 0.805. The van der Waals surface area contributed by atoms with E-state index in [0.29, 0.717) is 13.0 Å². The van der Waals surface area contributed by atoms with Crippen LogP contribution in [0.1, 0.15) is 38.5 Å². The number of carbonyl (C=O) groups excluding carboxylic acids is 1. The first kappa shape index (κ1) is 21.2. The minimum absolute atomic E-state index is 0. The molecule has 1 aromatic carbocycles. The highest BCUT2D eigenvalue weighted by molar-refractivity contribution is 7.89. The number of halogens is 1. The van der Waals surface area contributed by atoms with Gasteiger partial charge in [0.2, 0.25) is 15.9 Å². The maximum absolute atomic E-state index is 12.8. The predicted molar refractivity (Wildman–Crippen MR) is 104 cm³/mol. The van der Waals surface area contributed by atoms with Gasteiger partial charge in [0.15, 0.2) is 0 Å². The van der Waals surface area contributed by atoms with Crippen molar-refractivity contribution in [2.45, 2.75) is 55.5 Å². The average Bonchev–Trinajstić information content (AvgIpc) is 2.64. The standard InChI is InChI=1S/C18H27N3O3S.ClH/c19-15-8-10-16(11-9-15)20-18(22)14-5-4-12-21(13-14)25(23,24)17-6-2-1-3-7-17;/h1-3,6-7,14-16H,4-5,8-13,19H2,(H,20,22);1H. The fourth-order valence-corrected chi connectivity index (χ4v) is 5.24. The molecular weight excluding hydrogens is 374 g/mol. The summed E-state index contributed by atoms with van der Waals surface area (Å²) >= 11 is 0. The number of piperidine rings is 1. The summed E-state index contributed by atoms with van der Waals surface area (Å²) in [5.74, 6) is -0.295. The van der Waals surface area contributed by atoms with E-state index >= 15 is 0 Å². The molecule has 0 bridgehead atoms. The number of amides is 1. The first-order valence-electron chi connectivity index (χ1n) is 9.08. The van der Waals surface area contributed by atoms with Crippen LogP contribution in [0.5, 0.6) is 0 Å². The lowest BCUT2D eigenvalue weighted by atomic mass is 9.91. The molecule has 1 aliphatic carbocycles. The minimum Gasteiger partial charge on any atom is -0.353 e. The van der Waals surface area contributed by atoms with Crippen LogP contribution in [0.4, 0.5) is 0 Å². The molecular formula is C18H28ClN3O3S. The summed E-state index contributed by atoms with van der Waals surface area (Å²) < 4.78 is 27.0. The van der Waals surface area contributed by atoms with Crippen molar-refractivity contribution in [3.8, 4) is 0 Å². The average molecular weight is 402 g/mol. The largest absolute Gasteiger partial charge is 0.353 e. The van der Waals surface area contributed by atoms with Crippen LogP contribution >= 0.6 is 12.4 Å². The summed E-state index contributed by atoms with van der Waals surface area (Å²) in [6, 6.07) is 8.85. The lowest BCUT2D eigenvalue weighted by molar-refractivity contribution is -0.127. The number of hydrogen-bond acceptors (Lipinski definition) is 4. The van der Waals surface area contributed by atoms with E-state index in [1.807, 2.05) is 0 Å². The molecule has 1 amide bonds. The van der Waals surface area contributed by atoms with E-state index in [1.165, 1.54) is 4.31 Å². The molecule has 1 atom stereocenters. The predicted octanol–water partition coefficient (Wildman–Crippen LogP) is 1.90. The number of benzene rings is 1. The normalized spacial score (nSPS) is 27.3. The highest BCUT2D eigenvalue weighted by atomic mass is 35.5. The van der Waals surface area contributed by atoms with Crippen molar-refractivity contribution in [2.24, 2.45) is 11.7 Å². The third-order valence-corrected chi connectivity index (χ3v) is 7.13. The molecule has 6 nitrogen and oxygen atoms in total. The van der Waals surface area contributed by atoms with Crippen LogP contribution in [0.25, 0.3) is 0 Å². The lowest BCUT2D eigenvalue weighted by Gasteiger charge is -2.33. The molecule has 1 unspecified atom stereocenters. The van der Waals surface area contributed by atoms with E-state index < -0.39 is 10.0 Å². The zero-order chi connectivity index (χ0) is 17.9. The summed E-state index contributed by atoms with van der Waals surface area (Å²) in [7, 11) is -3.53. The van der Waals surface area contributed by atoms with Crippen molar-refractivity contribution in [1.29, 1.82) is 0 Å². The Kier molecular flexibility index (Phi) is 7.46. The van der Waals surface area contributed by atoms with Crippen LogP contribution in [0.15, 0.2) is 35.2 Å². The molecule has 0 aromatic heterocycles.